The SMILES string of the molecule is Cn1ncc2c(NCC(O)(c3ccccc3)C(F)(F)F)ncnc21. The summed E-state index contributed by atoms with van der Waals surface area (Å²) in [6, 6.07) is 6.92. The monoisotopic (exact) mass is 337 g/mol. The quantitative estimate of drug-likeness (QED) is 0.763. The highest BCUT2D eigenvalue weighted by Crippen LogP contribution is 2.39. The van der Waals surface area contributed by atoms with Gasteiger partial charge < -0.3 is 10.4 Å². The average molecular weight is 337 g/mol. The number of rotatable bonds is 4. The van der Waals surface area contributed by atoms with Crippen LogP contribution < -0.4 is 5.32 Å². The lowest BCUT2D eigenvalue weighted by Crippen LogP contribution is -2.47. The van der Waals surface area contributed by atoms with Gasteiger partial charge in [-0.25, -0.2) is 9.97 Å². The maximum atomic E-state index is 13.5. The van der Waals surface area contributed by atoms with E-state index in [2.05, 4.69) is 20.4 Å². The third-order valence-electron chi connectivity index (χ3n) is 3.76. The number of aryl methyl sites for hydroxylation is 1. The zero-order valence-corrected chi connectivity index (χ0v) is 12.6. The Morgan fingerprint density at radius 1 is 1.17 bits per heavy atom. The minimum atomic E-state index is -4.86. The summed E-state index contributed by atoms with van der Waals surface area (Å²) in [5, 5.41) is 17.3. The minimum Gasteiger partial charge on any atom is -0.375 e. The fourth-order valence-corrected chi connectivity index (χ4v) is 2.39. The highest BCUT2D eigenvalue weighted by Gasteiger charge is 2.54. The van der Waals surface area contributed by atoms with Crippen molar-refractivity contribution >= 4 is 16.9 Å². The summed E-state index contributed by atoms with van der Waals surface area (Å²) in [6.45, 7) is -0.790. The van der Waals surface area contributed by atoms with Crippen LogP contribution in [0.3, 0.4) is 0 Å². The van der Waals surface area contributed by atoms with Gasteiger partial charge in [-0.3, -0.25) is 4.68 Å². The maximum Gasteiger partial charge on any atom is 0.423 e. The molecule has 9 heteroatoms. The standard InChI is InChI=1S/C15H14F3N5O/c1-23-13-11(7-22-23)12(20-9-21-13)19-8-14(24,15(16,17)18)10-5-3-2-4-6-10/h2-7,9,24H,8H2,1H3,(H,19,20,21). The van der Waals surface area contributed by atoms with Crippen LogP contribution in [-0.4, -0.2) is 37.6 Å². The summed E-state index contributed by atoms with van der Waals surface area (Å²) in [5.74, 6) is 0.173. The lowest BCUT2D eigenvalue weighted by molar-refractivity contribution is -0.260. The fraction of sp³-hybridized carbons (Fsp3) is 0.267. The first-order chi connectivity index (χ1) is 11.3. The van der Waals surface area contributed by atoms with Crippen LogP contribution in [0.1, 0.15) is 5.56 Å². The number of hydrogen-bond acceptors (Lipinski definition) is 5. The van der Waals surface area contributed by atoms with E-state index in [1.165, 1.54) is 41.5 Å². The van der Waals surface area contributed by atoms with Crippen molar-refractivity contribution in [1.29, 1.82) is 0 Å². The summed E-state index contributed by atoms with van der Waals surface area (Å²) in [6.07, 6.45) is -2.18. The van der Waals surface area contributed by atoms with Crippen LogP contribution in [0.5, 0.6) is 0 Å². The van der Waals surface area contributed by atoms with E-state index in [4.69, 9.17) is 0 Å². The molecule has 0 fully saturated rings. The molecule has 3 aromatic rings. The molecule has 0 aliphatic rings. The number of halogens is 3. The lowest BCUT2D eigenvalue weighted by Gasteiger charge is -2.31. The van der Waals surface area contributed by atoms with Gasteiger partial charge in [0, 0.05) is 7.05 Å². The topological polar surface area (TPSA) is 75.9 Å². The van der Waals surface area contributed by atoms with Crippen molar-refractivity contribution in [2.45, 2.75) is 11.8 Å². The molecule has 2 aromatic heterocycles. The number of nitrogens with one attached hydrogen (secondary N) is 1. The molecule has 1 unspecified atom stereocenters. The van der Waals surface area contributed by atoms with Crippen LogP contribution in [0.2, 0.25) is 0 Å². The van der Waals surface area contributed by atoms with Gasteiger partial charge in [0.25, 0.3) is 0 Å². The van der Waals surface area contributed by atoms with Crippen molar-refractivity contribution in [2.75, 3.05) is 11.9 Å². The predicted octanol–water partition coefficient (Wildman–Crippen LogP) is 2.23. The molecule has 2 N–H and O–H groups in total. The van der Waals surface area contributed by atoms with E-state index in [1.54, 1.807) is 13.1 Å². The second-order valence-electron chi connectivity index (χ2n) is 5.31. The van der Waals surface area contributed by atoms with Gasteiger partial charge in [-0.05, 0) is 5.56 Å². The summed E-state index contributed by atoms with van der Waals surface area (Å²) < 4.78 is 41.9. The van der Waals surface area contributed by atoms with Gasteiger partial charge in [0.1, 0.15) is 12.1 Å². The van der Waals surface area contributed by atoms with Gasteiger partial charge in [0.2, 0.25) is 5.60 Å². The molecule has 0 bridgehead atoms. The normalized spacial score (nSPS) is 14.5. The molecule has 1 aromatic carbocycles. The molecule has 0 saturated carbocycles. The summed E-state index contributed by atoms with van der Waals surface area (Å²) in [5.41, 5.74) is -2.82. The molecule has 6 nitrogen and oxygen atoms in total. The van der Waals surface area contributed by atoms with E-state index in [0.717, 1.165) is 0 Å². The second kappa shape index (κ2) is 5.75. The molecular formula is C15H14F3N5O. The molecule has 0 saturated heterocycles. The van der Waals surface area contributed by atoms with E-state index in [9.17, 15) is 18.3 Å². The van der Waals surface area contributed by atoms with Gasteiger partial charge >= 0.3 is 6.18 Å². The predicted molar refractivity (Wildman–Crippen MR) is 81.2 cm³/mol. The molecular weight excluding hydrogens is 323 g/mol. The molecule has 24 heavy (non-hydrogen) atoms. The fourth-order valence-electron chi connectivity index (χ4n) is 2.39. The van der Waals surface area contributed by atoms with E-state index in [-0.39, 0.29) is 11.4 Å². The Bertz CT molecular complexity index is 849. The zero-order chi connectivity index (χ0) is 17.4. The molecule has 3 rings (SSSR count). The molecule has 0 aliphatic heterocycles. The van der Waals surface area contributed by atoms with Gasteiger partial charge in [-0.2, -0.15) is 18.3 Å². The first-order valence-corrected chi connectivity index (χ1v) is 7.04. The Kier molecular flexibility index (Phi) is 3.88. The minimum absolute atomic E-state index is 0.173. The number of aromatic nitrogens is 4. The summed E-state index contributed by atoms with van der Waals surface area (Å²) in [4.78, 5) is 7.96. The van der Waals surface area contributed by atoms with Crippen molar-refractivity contribution in [3.63, 3.8) is 0 Å². The molecule has 0 radical (unpaired) electrons. The van der Waals surface area contributed by atoms with Crippen LogP contribution >= 0.6 is 0 Å². The van der Waals surface area contributed by atoms with Crippen molar-refractivity contribution < 1.29 is 18.3 Å². The highest BCUT2D eigenvalue weighted by atomic mass is 19.4. The number of benzene rings is 1. The summed E-state index contributed by atoms with van der Waals surface area (Å²) in [7, 11) is 1.66. The van der Waals surface area contributed by atoms with Crippen molar-refractivity contribution in [1.82, 2.24) is 19.7 Å². The van der Waals surface area contributed by atoms with E-state index >= 15 is 0 Å². The van der Waals surface area contributed by atoms with E-state index < -0.39 is 18.3 Å². The Morgan fingerprint density at radius 2 is 1.88 bits per heavy atom. The second-order valence-corrected chi connectivity index (χ2v) is 5.31. The van der Waals surface area contributed by atoms with Gasteiger partial charge in [-0.15, -0.1) is 0 Å². The molecule has 1 atom stereocenters. The van der Waals surface area contributed by atoms with Gasteiger partial charge in [0.05, 0.1) is 18.1 Å². The van der Waals surface area contributed by atoms with Crippen LogP contribution in [0.25, 0.3) is 11.0 Å². The zero-order valence-electron chi connectivity index (χ0n) is 12.6. The number of hydrogen-bond donors (Lipinski definition) is 2. The third-order valence-corrected chi connectivity index (χ3v) is 3.76. The Balaban J connectivity index is 1.94. The van der Waals surface area contributed by atoms with Gasteiger partial charge in [-0.1, -0.05) is 30.3 Å². The largest absolute Gasteiger partial charge is 0.423 e. The summed E-state index contributed by atoms with van der Waals surface area (Å²) >= 11 is 0. The van der Waals surface area contributed by atoms with Crippen LogP contribution in [0, 0.1) is 0 Å². The first kappa shape index (κ1) is 16.2. The third kappa shape index (κ3) is 2.67. The van der Waals surface area contributed by atoms with Crippen LogP contribution in [0.15, 0.2) is 42.9 Å². The lowest BCUT2D eigenvalue weighted by atomic mass is 9.93. The molecule has 2 heterocycles. The number of aliphatic hydroxyl groups is 1. The van der Waals surface area contributed by atoms with Crippen molar-refractivity contribution in [3.05, 3.63) is 48.4 Å². The average Bonchev–Trinajstić information content (AvgIpc) is 2.94. The van der Waals surface area contributed by atoms with E-state index in [1.807, 2.05) is 0 Å². The molecule has 0 amide bonds. The van der Waals surface area contributed by atoms with E-state index in [0.29, 0.717) is 11.0 Å². The number of alkyl halides is 3. The Hall–Kier alpha value is -2.68. The molecule has 0 aliphatic carbocycles. The Morgan fingerprint density at radius 3 is 2.54 bits per heavy atom. The van der Waals surface area contributed by atoms with Gasteiger partial charge in [0.15, 0.2) is 5.65 Å². The highest BCUT2D eigenvalue weighted by molar-refractivity contribution is 5.85. The number of anilines is 1. The maximum absolute atomic E-state index is 13.5. The van der Waals surface area contributed by atoms with Crippen molar-refractivity contribution in [2.24, 2.45) is 7.05 Å². The number of fused-ring (bicyclic) bond motifs is 1. The number of nitrogens with zero attached hydrogens (tertiary/aromatic N) is 4. The molecule has 0 spiro atoms. The molecule has 126 valence electrons. The first-order valence-electron chi connectivity index (χ1n) is 7.04. The van der Waals surface area contributed by atoms with Crippen LogP contribution in [-0.2, 0) is 12.6 Å². The van der Waals surface area contributed by atoms with Crippen LogP contribution in [0.4, 0.5) is 19.0 Å². The smallest absolute Gasteiger partial charge is 0.375 e. The Labute approximate surface area is 135 Å². The van der Waals surface area contributed by atoms with Crippen molar-refractivity contribution in [3.8, 4) is 0 Å².